The maximum Gasteiger partial charge on any atom is 0.339 e. The fourth-order valence-corrected chi connectivity index (χ4v) is 3.43. The zero-order chi connectivity index (χ0) is 17.5. The quantitative estimate of drug-likeness (QED) is 0.556. The van der Waals surface area contributed by atoms with E-state index in [-0.39, 0.29) is 23.7 Å². The molecular formula is C19H30ClNO4. The molecule has 25 heavy (non-hydrogen) atoms. The number of hydrogen-bond donors (Lipinski definition) is 4. The summed E-state index contributed by atoms with van der Waals surface area (Å²) in [5.74, 6) is -0.634. The van der Waals surface area contributed by atoms with Crippen LogP contribution >= 0.6 is 12.4 Å². The van der Waals surface area contributed by atoms with E-state index in [4.69, 9.17) is 5.11 Å². The highest BCUT2D eigenvalue weighted by Crippen LogP contribution is 2.28. The highest BCUT2D eigenvalue weighted by Gasteiger charge is 2.17. The van der Waals surface area contributed by atoms with Crippen molar-refractivity contribution in [1.82, 2.24) is 5.32 Å². The van der Waals surface area contributed by atoms with Crippen molar-refractivity contribution < 1.29 is 20.1 Å². The highest BCUT2D eigenvalue weighted by atomic mass is 35.5. The molecule has 0 amide bonds. The van der Waals surface area contributed by atoms with E-state index < -0.39 is 12.1 Å². The Hall–Kier alpha value is -1.30. The van der Waals surface area contributed by atoms with Crippen molar-refractivity contribution in [3.63, 3.8) is 0 Å². The standard InChI is InChI=1S/C19H29NO4.ClH/c1-13(7-8-14-5-3-2-4-6-14)20-12-18(22)15-9-10-17(21)16(11-15)19(23)24;/h9-11,13-14,18,20-22H,2-8,12H2,1H3,(H,23,24);1H. The van der Waals surface area contributed by atoms with Crippen molar-refractivity contribution in [3.05, 3.63) is 29.3 Å². The molecule has 2 unspecified atom stereocenters. The van der Waals surface area contributed by atoms with Gasteiger partial charge in [-0.15, -0.1) is 12.4 Å². The number of rotatable bonds is 8. The third-order valence-corrected chi connectivity index (χ3v) is 5.03. The third kappa shape index (κ3) is 6.84. The molecule has 5 nitrogen and oxygen atoms in total. The molecule has 0 aromatic heterocycles. The van der Waals surface area contributed by atoms with Crippen LogP contribution in [0.15, 0.2) is 18.2 Å². The summed E-state index contributed by atoms with van der Waals surface area (Å²) in [6.45, 7) is 2.49. The molecule has 1 saturated carbocycles. The van der Waals surface area contributed by atoms with Gasteiger partial charge in [-0.25, -0.2) is 4.79 Å². The summed E-state index contributed by atoms with van der Waals surface area (Å²) in [5.41, 5.74) is 0.314. The average molecular weight is 372 g/mol. The van der Waals surface area contributed by atoms with Crippen LogP contribution in [-0.2, 0) is 0 Å². The maximum absolute atomic E-state index is 11.0. The molecule has 1 aliphatic carbocycles. The van der Waals surface area contributed by atoms with Crippen LogP contribution in [0.5, 0.6) is 5.75 Å². The Morgan fingerprint density at radius 3 is 2.60 bits per heavy atom. The number of aromatic hydroxyl groups is 1. The van der Waals surface area contributed by atoms with E-state index in [1.807, 2.05) is 0 Å². The second kappa shape index (κ2) is 10.6. The van der Waals surface area contributed by atoms with E-state index in [1.54, 1.807) is 6.07 Å². The SMILES string of the molecule is CC(CCC1CCCCC1)NCC(O)c1ccc(O)c(C(=O)O)c1.Cl. The molecule has 0 heterocycles. The largest absolute Gasteiger partial charge is 0.507 e. The summed E-state index contributed by atoms with van der Waals surface area (Å²) in [7, 11) is 0. The van der Waals surface area contributed by atoms with Gasteiger partial charge in [0, 0.05) is 12.6 Å². The lowest BCUT2D eigenvalue weighted by atomic mass is 9.85. The van der Waals surface area contributed by atoms with Crippen LogP contribution < -0.4 is 5.32 Å². The predicted molar refractivity (Wildman–Crippen MR) is 101 cm³/mol. The molecule has 1 aliphatic rings. The van der Waals surface area contributed by atoms with E-state index in [0.717, 1.165) is 12.3 Å². The lowest BCUT2D eigenvalue weighted by Crippen LogP contribution is -2.31. The molecule has 0 saturated heterocycles. The van der Waals surface area contributed by atoms with Crippen LogP contribution in [0.4, 0.5) is 0 Å². The van der Waals surface area contributed by atoms with Crippen LogP contribution in [0, 0.1) is 5.92 Å². The van der Waals surface area contributed by atoms with Crippen molar-refractivity contribution >= 4 is 18.4 Å². The highest BCUT2D eigenvalue weighted by molar-refractivity contribution is 5.90. The summed E-state index contributed by atoms with van der Waals surface area (Å²) >= 11 is 0. The van der Waals surface area contributed by atoms with Crippen molar-refractivity contribution in [1.29, 1.82) is 0 Å². The van der Waals surface area contributed by atoms with Crippen LogP contribution in [0.1, 0.15) is 73.9 Å². The normalized spacial score (nSPS) is 17.5. The van der Waals surface area contributed by atoms with E-state index in [0.29, 0.717) is 18.2 Å². The molecule has 0 radical (unpaired) electrons. The van der Waals surface area contributed by atoms with Crippen molar-refractivity contribution in [2.75, 3.05) is 6.54 Å². The molecule has 4 N–H and O–H groups in total. The number of aliphatic hydroxyl groups excluding tert-OH is 1. The fourth-order valence-electron chi connectivity index (χ4n) is 3.43. The number of carboxylic acid groups (broad SMARTS) is 1. The van der Waals surface area contributed by atoms with E-state index in [2.05, 4.69) is 12.2 Å². The molecule has 0 aliphatic heterocycles. The molecule has 0 bridgehead atoms. The first-order chi connectivity index (χ1) is 11.5. The summed E-state index contributed by atoms with van der Waals surface area (Å²) in [4.78, 5) is 11.0. The van der Waals surface area contributed by atoms with Crippen LogP contribution in [-0.4, -0.2) is 33.9 Å². The third-order valence-electron chi connectivity index (χ3n) is 5.03. The van der Waals surface area contributed by atoms with Gasteiger partial charge in [0.25, 0.3) is 0 Å². The van der Waals surface area contributed by atoms with Crippen LogP contribution in [0.25, 0.3) is 0 Å². The monoisotopic (exact) mass is 371 g/mol. The molecular weight excluding hydrogens is 342 g/mol. The Bertz CT molecular complexity index is 546. The number of hydrogen-bond acceptors (Lipinski definition) is 4. The Kier molecular flexibility index (Phi) is 9.25. The fraction of sp³-hybridized carbons (Fsp3) is 0.632. The van der Waals surface area contributed by atoms with Gasteiger partial charge in [-0.1, -0.05) is 38.2 Å². The van der Waals surface area contributed by atoms with Crippen LogP contribution in [0.3, 0.4) is 0 Å². The second-order valence-corrected chi connectivity index (χ2v) is 6.99. The smallest absolute Gasteiger partial charge is 0.339 e. The van der Waals surface area contributed by atoms with Crippen molar-refractivity contribution in [2.24, 2.45) is 5.92 Å². The van der Waals surface area contributed by atoms with Gasteiger partial charge in [0.05, 0.1) is 6.10 Å². The molecule has 6 heteroatoms. The van der Waals surface area contributed by atoms with Gasteiger partial charge in [-0.05, 0) is 43.4 Å². The zero-order valence-corrected chi connectivity index (χ0v) is 15.6. The number of benzene rings is 1. The minimum atomic E-state index is -1.20. The van der Waals surface area contributed by atoms with Gasteiger partial charge in [-0.2, -0.15) is 0 Å². The van der Waals surface area contributed by atoms with E-state index in [9.17, 15) is 15.0 Å². The lowest BCUT2D eigenvalue weighted by Gasteiger charge is -2.24. The van der Waals surface area contributed by atoms with E-state index in [1.165, 1.54) is 50.7 Å². The van der Waals surface area contributed by atoms with Gasteiger partial charge in [0.1, 0.15) is 11.3 Å². The topological polar surface area (TPSA) is 89.8 Å². The first kappa shape index (κ1) is 21.7. The van der Waals surface area contributed by atoms with Gasteiger partial charge in [0.2, 0.25) is 0 Å². The molecule has 2 atom stereocenters. The number of nitrogens with one attached hydrogen (secondary N) is 1. The minimum Gasteiger partial charge on any atom is -0.507 e. The van der Waals surface area contributed by atoms with Crippen molar-refractivity contribution in [2.45, 2.75) is 64.0 Å². The molecule has 1 fully saturated rings. The van der Waals surface area contributed by atoms with Crippen LogP contribution in [0.2, 0.25) is 0 Å². The number of aromatic carboxylic acids is 1. The summed E-state index contributed by atoms with van der Waals surface area (Å²) < 4.78 is 0. The molecule has 142 valence electrons. The Morgan fingerprint density at radius 1 is 1.28 bits per heavy atom. The Balaban J connectivity index is 0.00000312. The van der Waals surface area contributed by atoms with Gasteiger partial charge in [0.15, 0.2) is 0 Å². The maximum atomic E-state index is 11.0. The summed E-state index contributed by atoms with van der Waals surface area (Å²) in [6, 6.07) is 4.52. The number of halogens is 1. The molecule has 2 rings (SSSR count). The molecule has 0 spiro atoms. The number of carbonyl (C=O) groups is 1. The first-order valence-electron chi connectivity index (χ1n) is 8.95. The van der Waals surface area contributed by atoms with Crippen molar-refractivity contribution in [3.8, 4) is 5.75 Å². The second-order valence-electron chi connectivity index (χ2n) is 6.99. The number of phenols is 1. The minimum absolute atomic E-state index is 0. The summed E-state index contributed by atoms with van der Waals surface area (Å²) in [6.07, 6.45) is 8.32. The zero-order valence-electron chi connectivity index (χ0n) is 14.8. The van der Waals surface area contributed by atoms with Gasteiger partial charge < -0.3 is 20.6 Å². The number of aliphatic hydroxyl groups is 1. The summed E-state index contributed by atoms with van der Waals surface area (Å²) in [5, 5.41) is 32.1. The molecule has 1 aromatic carbocycles. The predicted octanol–water partition coefficient (Wildman–Crippen LogP) is 3.88. The van der Waals surface area contributed by atoms with Gasteiger partial charge >= 0.3 is 5.97 Å². The molecule has 1 aromatic rings. The average Bonchev–Trinajstić information content (AvgIpc) is 2.59. The Labute approximate surface area is 155 Å². The number of carboxylic acids is 1. The first-order valence-corrected chi connectivity index (χ1v) is 8.95. The van der Waals surface area contributed by atoms with Gasteiger partial charge in [-0.3, -0.25) is 0 Å². The Morgan fingerprint density at radius 2 is 1.96 bits per heavy atom. The lowest BCUT2D eigenvalue weighted by molar-refractivity contribution is 0.0693. The van der Waals surface area contributed by atoms with E-state index >= 15 is 0 Å².